The van der Waals surface area contributed by atoms with Crippen molar-refractivity contribution in [3.63, 3.8) is 0 Å². The van der Waals surface area contributed by atoms with Crippen LogP contribution in [0, 0.1) is 20.8 Å². The first-order valence-corrected chi connectivity index (χ1v) is 9.02. The van der Waals surface area contributed by atoms with Gasteiger partial charge < -0.3 is 9.84 Å². The Morgan fingerprint density at radius 2 is 2.12 bits per heavy atom. The highest BCUT2D eigenvalue weighted by molar-refractivity contribution is 7.13. The SMILES string of the molecule is Cc1cc(C)c(NC(=O)CCCc2nc(-c3cccs3)no2)c(C)n1. The average Bonchev–Trinajstić information content (AvgIpc) is 3.22. The number of carbonyl (C=O) groups is 1. The van der Waals surface area contributed by atoms with E-state index in [-0.39, 0.29) is 5.91 Å². The van der Waals surface area contributed by atoms with Crippen LogP contribution in [0.5, 0.6) is 0 Å². The molecule has 25 heavy (non-hydrogen) atoms. The van der Waals surface area contributed by atoms with Crippen LogP contribution in [-0.4, -0.2) is 21.0 Å². The minimum atomic E-state index is -0.0325. The molecule has 7 heteroatoms. The summed E-state index contributed by atoms with van der Waals surface area (Å²) in [6, 6.07) is 5.87. The Kier molecular flexibility index (Phi) is 5.23. The summed E-state index contributed by atoms with van der Waals surface area (Å²) in [6.45, 7) is 5.82. The fraction of sp³-hybridized carbons (Fsp3) is 0.333. The third kappa shape index (κ3) is 4.30. The first-order valence-electron chi connectivity index (χ1n) is 8.14. The molecule has 3 aromatic rings. The highest BCUT2D eigenvalue weighted by atomic mass is 32.1. The first-order chi connectivity index (χ1) is 12.0. The van der Waals surface area contributed by atoms with Gasteiger partial charge in [0.1, 0.15) is 0 Å². The van der Waals surface area contributed by atoms with Gasteiger partial charge in [-0.1, -0.05) is 11.2 Å². The molecule has 3 aromatic heterocycles. The maximum Gasteiger partial charge on any atom is 0.226 e. The van der Waals surface area contributed by atoms with Gasteiger partial charge in [-0.15, -0.1) is 11.3 Å². The van der Waals surface area contributed by atoms with Gasteiger partial charge in [0.05, 0.1) is 16.3 Å². The van der Waals surface area contributed by atoms with Crippen LogP contribution in [0.2, 0.25) is 0 Å². The zero-order chi connectivity index (χ0) is 17.8. The van der Waals surface area contributed by atoms with E-state index in [1.165, 1.54) is 0 Å². The number of amides is 1. The van der Waals surface area contributed by atoms with Gasteiger partial charge in [0.15, 0.2) is 0 Å². The molecular formula is C18H20N4O2S. The molecule has 0 bridgehead atoms. The van der Waals surface area contributed by atoms with Gasteiger partial charge in [0, 0.05) is 18.5 Å². The number of aryl methyl sites for hydroxylation is 4. The minimum absolute atomic E-state index is 0.0325. The lowest BCUT2D eigenvalue weighted by atomic mass is 10.1. The average molecular weight is 356 g/mol. The number of nitrogens with zero attached hydrogens (tertiary/aromatic N) is 3. The predicted molar refractivity (Wildman–Crippen MR) is 97.6 cm³/mol. The van der Waals surface area contributed by atoms with E-state index in [9.17, 15) is 4.79 Å². The summed E-state index contributed by atoms with van der Waals surface area (Å²) < 4.78 is 5.24. The van der Waals surface area contributed by atoms with Gasteiger partial charge in [-0.3, -0.25) is 9.78 Å². The molecule has 0 aliphatic rings. The van der Waals surface area contributed by atoms with Crippen molar-refractivity contribution >= 4 is 22.9 Å². The van der Waals surface area contributed by atoms with Crippen LogP contribution in [0.1, 0.15) is 35.7 Å². The standard InChI is InChI=1S/C18H20N4O2S/c1-11-10-12(2)19-13(3)17(11)20-15(23)7-4-8-16-21-18(22-24-16)14-6-5-9-25-14/h5-6,9-10H,4,7-8H2,1-3H3,(H,20,23). The molecule has 3 heterocycles. The molecule has 1 amide bonds. The van der Waals surface area contributed by atoms with Crippen LogP contribution in [0.15, 0.2) is 28.1 Å². The zero-order valence-corrected chi connectivity index (χ0v) is 15.3. The number of pyridine rings is 1. The largest absolute Gasteiger partial charge is 0.339 e. The summed E-state index contributed by atoms with van der Waals surface area (Å²) >= 11 is 1.57. The minimum Gasteiger partial charge on any atom is -0.339 e. The van der Waals surface area contributed by atoms with Gasteiger partial charge in [-0.25, -0.2) is 0 Å². The smallest absolute Gasteiger partial charge is 0.226 e. The summed E-state index contributed by atoms with van der Waals surface area (Å²) in [5.41, 5.74) is 3.61. The van der Waals surface area contributed by atoms with E-state index >= 15 is 0 Å². The highest BCUT2D eigenvalue weighted by Gasteiger charge is 2.12. The van der Waals surface area contributed by atoms with Gasteiger partial charge >= 0.3 is 0 Å². The molecule has 130 valence electrons. The van der Waals surface area contributed by atoms with Gasteiger partial charge in [-0.2, -0.15) is 4.98 Å². The number of carbonyl (C=O) groups excluding carboxylic acids is 1. The lowest BCUT2D eigenvalue weighted by Gasteiger charge is -2.11. The monoisotopic (exact) mass is 356 g/mol. The summed E-state index contributed by atoms with van der Waals surface area (Å²) in [7, 11) is 0. The summed E-state index contributed by atoms with van der Waals surface area (Å²) in [5.74, 6) is 1.13. The van der Waals surface area contributed by atoms with E-state index in [0.717, 1.165) is 27.5 Å². The van der Waals surface area contributed by atoms with Crippen LogP contribution in [-0.2, 0) is 11.2 Å². The molecule has 0 saturated carbocycles. The summed E-state index contributed by atoms with van der Waals surface area (Å²) in [5, 5.41) is 8.90. The number of anilines is 1. The number of nitrogens with one attached hydrogen (secondary N) is 1. The third-order valence-electron chi connectivity index (χ3n) is 3.79. The van der Waals surface area contributed by atoms with Crippen molar-refractivity contribution in [2.75, 3.05) is 5.32 Å². The van der Waals surface area contributed by atoms with Crippen molar-refractivity contribution in [2.24, 2.45) is 0 Å². The van der Waals surface area contributed by atoms with Crippen molar-refractivity contribution in [1.29, 1.82) is 0 Å². The van der Waals surface area contributed by atoms with Crippen LogP contribution in [0.3, 0.4) is 0 Å². The van der Waals surface area contributed by atoms with E-state index in [0.29, 0.717) is 31.0 Å². The molecule has 1 N–H and O–H groups in total. The fourth-order valence-electron chi connectivity index (χ4n) is 2.68. The molecule has 0 saturated heterocycles. The Morgan fingerprint density at radius 3 is 2.84 bits per heavy atom. The van der Waals surface area contributed by atoms with Crippen LogP contribution >= 0.6 is 11.3 Å². The van der Waals surface area contributed by atoms with E-state index in [1.807, 2.05) is 44.4 Å². The van der Waals surface area contributed by atoms with E-state index in [2.05, 4.69) is 20.4 Å². The third-order valence-corrected chi connectivity index (χ3v) is 4.66. The number of hydrogen-bond acceptors (Lipinski definition) is 6. The molecular weight excluding hydrogens is 336 g/mol. The van der Waals surface area contributed by atoms with Gasteiger partial charge in [0.25, 0.3) is 0 Å². The van der Waals surface area contributed by atoms with E-state index in [4.69, 9.17) is 4.52 Å². The summed E-state index contributed by atoms with van der Waals surface area (Å²) in [4.78, 5) is 21.9. The molecule has 0 aliphatic carbocycles. The molecule has 0 atom stereocenters. The predicted octanol–water partition coefficient (Wildman–Crippen LogP) is 4.08. The maximum atomic E-state index is 12.2. The van der Waals surface area contributed by atoms with Crippen LogP contribution in [0.4, 0.5) is 5.69 Å². The first kappa shape index (κ1) is 17.3. The van der Waals surface area contributed by atoms with Gasteiger partial charge in [0.2, 0.25) is 17.6 Å². The highest BCUT2D eigenvalue weighted by Crippen LogP contribution is 2.22. The number of thiophene rings is 1. The summed E-state index contributed by atoms with van der Waals surface area (Å²) in [6.07, 6.45) is 1.62. The number of hydrogen-bond donors (Lipinski definition) is 1. The van der Waals surface area contributed by atoms with E-state index < -0.39 is 0 Å². The Labute approximate surface area is 150 Å². The Balaban J connectivity index is 1.52. The second-order valence-electron chi connectivity index (χ2n) is 5.93. The molecule has 0 fully saturated rings. The zero-order valence-electron chi connectivity index (χ0n) is 14.5. The number of rotatable bonds is 6. The molecule has 0 spiro atoms. The quantitative estimate of drug-likeness (QED) is 0.720. The van der Waals surface area contributed by atoms with Crippen LogP contribution < -0.4 is 5.32 Å². The molecule has 3 rings (SSSR count). The fourth-order valence-corrected chi connectivity index (χ4v) is 3.33. The Hall–Kier alpha value is -2.54. The topological polar surface area (TPSA) is 80.9 Å². The van der Waals surface area contributed by atoms with Crippen molar-refractivity contribution in [3.05, 3.63) is 46.4 Å². The number of aromatic nitrogens is 3. The second-order valence-corrected chi connectivity index (χ2v) is 6.88. The maximum absolute atomic E-state index is 12.2. The molecule has 0 aliphatic heterocycles. The van der Waals surface area contributed by atoms with Gasteiger partial charge in [-0.05, 0) is 50.3 Å². The molecule has 6 nitrogen and oxygen atoms in total. The molecule has 0 unspecified atom stereocenters. The van der Waals surface area contributed by atoms with Crippen LogP contribution in [0.25, 0.3) is 10.7 Å². The Bertz CT molecular complexity index is 848. The van der Waals surface area contributed by atoms with Crippen molar-refractivity contribution in [2.45, 2.75) is 40.0 Å². The van der Waals surface area contributed by atoms with Crippen molar-refractivity contribution in [1.82, 2.24) is 15.1 Å². The second kappa shape index (κ2) is 7.57. The van der Waals surface area contributed by atoms with Crippen molar-refractivity contribution in [3.8, 4) is 10.7 Å². The molecule has 0 aromatic carbocycles. The normalized spacial score (nSPS) is 10.8. The van der Waals surface area contributed by atoms with E-state index in [1.54, 1.807) is 11.3 Å². The lowest BCUT2D eigenvalue weighted by molar-refractivity contribution is -0.116. The Morgan fingerprint density at radius 1 is 1.28 bits per heavy atom. The molecule has 0 radical (unpaired) electrons. The lowest BCUT2D eigenvalue weighted by Crippen LogP contribution is -2.14. The van der Waals surface area contributed by atoms with Crippen molar-refractivity contribution < 1.29 is 9.32 Å².